The van der Waals surface area contributed by atoms with Gasteiger partial charge in [0.25, 0.3) is 5.91 Å². The topological polar surface area (TPSA) is 20.3 Å². The fraction of sp³-hybridized carbons (Fsp3) is 0.188. The highest BCUT2D eigenvalue weighted by molar-refractivity contribution is 5.93. The van der Waals surface area contributed by atoms with Gasteiger partial charge in [0.05, 0.1) is 0 Å². The lowest BCUT2D eigenvalue weighted by molar-refractivity contribution is 0.0796. The van der Waals surface area contributed by atoms with Crippen LogP contribution in [0.25, 0.3) is 0 Å². The summed E-state index contributed by atoms with van der Waals surface area (Å²) in [5.74, 6) is -0.417. The summed E-state index contributed by atoms with van der Waals surface area (Å²) in [4.78, 5) is 13.7. The second-order valence-electron chi connectivity index (χ2n) is 4.47. The van der Waals surface area contributed by atoms with Crippen LogP contribution < -0.4 is 0 Å². The summed E-state index contributed by atoms with van der Waals surface area (Å²) in [6, 6.07) is 15.6. The van der Waals surface area contributed by atoms with Crippen molar-refractivity contribution >= 4 is 5.91 Å². The van der Waals surface area contributed by atoms with Crippen molar-refractivity contribution in [3.05, 3.63) is 71.5 Å². The largest absolute Gasteiger partial charge is 0.341 e. The van der Waals surface area contributed by atoms with Crippen LogP contribution >= 0.6 is 0 Å². The van der Waals surface area contributed by atoms with Crippen molar-refractivity contribution in [2.24, 2.45) is 0 Å². The van der Waals surface area contributed by atoms with E-state index in [1.54, 1.807) is 11.9 Å². The van der Waals surface area contributed by atoms with Crippen molar-refractivity contribution in [1.29, 1.82) is 0 Å². The number of carbonyl (C=O) groups is 1. The summed E-state index contributed by atoms with van der Waals surface area (Å²) >= 11 is 0. The maximum atomic E-state index is 12.8. The molecular formula is C16H16FNO. The molecule has 2 aromatic rings. The van der Waals surface area contributed by atoms with Crippen LogP contribution in [0.5, 0.6) is 0 Å². The van der Waals surface area contributed by atoms with Gasteiger partial charge in [-0.15, -0.1) is 0 Å². The summed E-state index contributed by atoms with van der Waals surface area (Å²) in [6.07, 6.45) is 0.810. The van der Waals surface area contributed by atoms with Crippen LogP contribution in [-0.4, -0.2) is 24.4 Å². The number of hydrogen-bond acceptors (Lipinski definition) is 1. The Balaban J connectivity index is 1.94. The first-order valence-electron chi connectivity index (χ1n) is 6.22. The van der Waals surface area contributed by atoms with Crippen LogP contribution in [0.3, 0.4) is 0 Å². The summed E-state index contributed by atoms with van der Waals surface area (Å²) in [6.45, 7) is 0.639. The highest BCUT2D eigenvalue weighted by Crippen LogP contribution is 2.07. The highest BCUT2D eigenvalue weighted by atomic mass is 19.1. The molecule has 0 radical (unpaired) electrons. The molecule has 0 aliphatic rings. The number of rotatable bonds is 4. The second-order valence-corrected chi connectivity index (χ2v) is 4.47. The van der Waals surface area contributed by atoms with Gasteiger partial charge in [0.1, 0.15) is 5.82 Å². The van der Waals surface area contributed by atoms with Crippen molar-refractivity contribution in [2.75, 3.05) is 13.6 Å². The smallest absolute Gasteiger partial charge is 0.253 e. The molecule has 0 N–H and O–H groups in total. The Labute approximate surface area is 112 Å². The third-order valence-corrected chi connectivity index (χ3v) is 3.02. The van der Waals surface area contributed by atoms with Gasteiger partial charge < -0.3 is 4.90 Å². The van der Waals surface area contributed by atoms with Crippen LogP contribution in [-0.2, 0) is 6.42 Å². The number of halogens is 1. The van der Waals surface area contributed by atoms with Gasteiger partial charge in [-0.1, -0.05) is 30.3 Å². The Morgan fingerprint density at radius 2 is 1.68 bits per heavy atom. The van der Waals surface area contributed by atoms with Crippen LogP contribution in [0.2, 0.25) is 0 Å². The minimum absolute atomic E-state index is 0.0871. The number of amides is 1. The number of carbonyl (C=O) groups excluding carboxylic acids is 1. The van der Waals surface area contributed by atoms with Crippen molar-refractivity contribution in [1.82, 2.24) is 4.90 Å². The van der Waals surface area contributed by atoms with Crippen LogP contribution in [0.4, 0.5) is 4.39 Å². The third kappa shape index (κ3) is 3.65. The van der Waals surface area contributed by atoms with E-state index in [1.165, 1.54) is 29.8 Å². The average molecular weight is 257 g/mol. The van der Waals surface area contributed by atoms with Crippen LogP contribution in [0.15, 0.2) is 54.6 Å². The molecule has 2 nitrogen and oxygen atoms in total. The zero-order valence-electron chi connectivity index (χ0n) is 10.8. The SMILES string of the molecule is CN(CCc1ccccc1)C(=O)c1ccc(F)cc1. The van der Waals surface area contributed by atoms with Gasteiger partial charge >= 0.3 is 0 Å². The molecule has 1 amide bonds. The lowest BCUT2D eigenvalue weighted by atomic mass is 10.1. The molecule has 2 rings (SSSR count). The summed E-state index contributed by atoms with van der Waals surface area (Å²) in [5, 5.41) is 0. The highest BCUT2D eigenvalue weighted by Gasteiger charge is 2.11. The zero-order valence-corrected chi connectivity index (χ0v) is 10.8. The minimum Gasteiger partial charge on any atom is -0.341 e. The molecule has 0 saturated heterocycles. The van der Waals surface area contributed by atoms with E-state index in [9.17, 15) is 9.18 Å². The fourth-order valence-electron chi connectivity index (χ4n) is 1.86. The molecule has 98 valence electrons. The van der Waals surface area contributed by atoms with E-state index in [0.717, 1.165) is 6.42 Å². The monoisotopic (exact) mass is 257 g/mol. The van der Waals surface area contributed by atoms with Crippen molar-refractivity contribution in [3.8, 4) is 0 Å². The summed E-state index contributed by atoms with van der Waals surface area (Å²) < 4.78 is 12.8. The molecule has 0 bridgehead atoms. The van der Waals surface area contributed by atoms with E-state index < -0.39 is 0 Å². The molecule has 0 fully saturated rings. The molecule has 0 aliphatic carbocycles. The summed E-state index contributed by atoms with van der Waals surface area (Å²) in [5.41, 5.74) is 1.71. The first-order chi connectivity index (χ1) is 9.16. The second kappa shape index (κ2) is 6.14. The minimum atomic E-state index is -0.330. The van der Waals surface area contributed by atoms with Gasteiger partial charge in [0.15, 0.2) is 0 Å². The van der Waals surface area contributed by atoms with Gasteiger partial charge in [-0.3, -0.25) is 4.79 Å². The molecule has 3 heteroatoms. The van der Waals surface area contributed by atoms with Crippen LogP contribution in [0.1, 0.15) is 15.9 Å². The number of likely N-dealkylation sites (N-methyl/N-ethyl adjacent to an activating group) is 1. The first kappa shape index (κ1) is 13.3. The first-order valence-corrected chi connectivity index (χ1v) is 6.22. The molecule has 0 spiro atoms. The fourth-order valence-corrected chi connectivity index (χ4v) is 1.86. The number of benzene rings is 2. The molecule has 19 heavy (non-hydrogen) atoms. The molecule has 0 aliphatic heterocycles. The van der Waals surface area contributed by atoms with E-state index in [0.29, 0.717) is 12.1 Å². The molecular weight excluding hydrogens is 241 g/mol. The number of nitrogens with zero attached hydrogens (tertiary/aromatic N) is 1. The predicted octanol–water partition coefficient (Wildman–Crippen LogP) is 3.14. The maximum absolute atomic E-state index is 12.8. The van der Waals surface area contributed by atoms with Gasteiger partial charge in [-0.05, 0) is 36.2 Å². The molecule has 2 aromatic carbocycles. The Morgan fingerprint density at radius 3 is 2.32 bits per heavy atom. The lowest BCUT2D eigenvalue weighted by Crippen LogP contribution is -2.28. The van der Waals surface area contributed by atoms with E-state index >= 15 is 0 Å². The Kier molecular flexibility index (Phi) is 4.29. The number of hydrogen-bond donors (Lipinski definition) is 0. The van der Waals surface area contributed by atoms with Gasteiger partial charge in [0, 0.05) is 19.2 Å². The predicted molar refractivity (Wildman–Crippen MR) is 73.5 cm³/mol. The zero-order chi connectivity index (χ0) is 13.7. The van der Waals surface area contributed by atoms with Crippen LogP contribution in [0, 0.1) is 5.82 Å². The Morgan fingerprint density at radius 1 is 1.05 bits per heavy atom. The Bertz CT molecular complexity index is 536. The normalized spacial score (nSPS) is 10.2. The van der Waals surface area contributed by atoms with E-state index in [-0.39, 0.29) is 11.7 Å². The quantitative estimate of drug-likeness (QED) is 0.824. The lowest BCUT2D eigenvalue weighted by Gasteiger charge is -2.17. The van der Waals surface area contributed by atoms with E-state index in [1.807, 2.05) is 30.3 Å². The van der Waals surface area contributed by atoms with E-state index in [2.05, 4.69) is 0 Å². The molecule has 0 heterocycles. The van der Waals surface area contributed by atoms with E-state index in [4.69, 9.17) is 0 Å². The van der Waals surface area contributed by atoms with Crippen molar-refractivity contribution < 1.29 is 9.18 Å². The molecule has 0 saturated carbocycles. The Hall–Kier alpha value is -2.16. The average Bonchev–Trinajstić information content (AvgIpc) is 2.46. The molecule has 0 unspecified atom stereocenters. The van der Waals surface area contributed by atoms with Gasteiger partial charge in [-0.25, -0.2) is 4.39 Å². The van der Waals surface area contributed by atoms with Crippen molar-refractivity contribution in [2.45, 2.75) is 6.42 Å². The van der Waals surface area contributed by atoms with Gasteiger partial charge in [-0.2, -0.15) is 0 Å². The summed E-state index contributed by atoms with van der Waals surface area (Å²) in [7, 11) is 1.76. The molecule has 0 atom stereocenters. The maximum Gasteiger partial charge on any atom is 0.253 e. The standard InChI is InChI=1S/C16H16FNO/c1-18(12-11-13-5-3-2-4-6-13)16(19)14-7-9-15(17)10-8-14/h2-10H,11-12H2,1H3. The van der Waals surface area contributed by atoms with Crippen molar-refractivity contribution in [3.63, 3.8) is 0 Å². The molecule has 0 aromatic heterocycles. The third-order valence-electron chi connectivity index (χ3n) is 3.02. The van der Waals surface area contributed by atoms with Gasteiger partial charge in [0.2, 0.25) is 0 Å².